The van der Waals surface area contributed by atoms with Crippen molar-refractivity contribution in [2.45, 2.75) is 32.2 Å². The predicted molar refractivity (Wildman–Crippen MR) is 134 cm³/mol. The van der Waals surface area contributed by atoms with Gasteiger partial charge in [0.1, 0.15) is 5.52 Å². The number of nitrogens with zero attached hydrogens (tertiary/aromatic N) is 6. The van der Waals surface area contributed by atoms with E-state index in [4.69, 9.17) is 9.72 Å². The minimum absolute atomic E-state index is 0.0458. The summed E-state index contributed by atoms with van der Waals surface area (Å²) in [4.78, 5) is 16.5. The second kappa shape index (κ2) is 8.15. The predicted octanol–water partition coefficient (Wildman–Crippen LogP) is 4.83. The maximum atomic E-state index is 15.2. The van der Waals surface area contributed by atoms with E-state index in [1.165, 1.54) is 12.7 Å². The number of hydrogen-bond donors (Lipinski definition) is 0. The molecular weight excluding hydrogens is 443 g/mol. The van der Waals surface area contributed by atoms with Crippen molar-refractivity contribution in [2.24, 2.45) is 10.4 Å². The molecular formula is C27H27FN6O. The number of aliphatic imine (C=N–C) groups is 1. The van der Waals surface area contributed by atoms with Gasteiger partial charge >= 0.3 is 0 Å². The van der Waals surface area contributed by atoms with Gasteiger partial charge in [0.25, 0.3) is 0 Å². The Hall–Kier alpha value is -3.81. The van der Waals surface area contributed by atoms with Gasteiger partial charge in [-0.15, -0.1) is 0 Å². The van der Waals surface area contributed by atoms with Crippen LogP contribution in [0.15, 0.2) is 53.8 Å². The van der Waals surface area contributed by atoms with Crippen LogP contribution in [0.2, 0.25) is 0 Å². The minimum atomic E-state index is -0.415. The summed E-state index contributed by atoms with van der Waals surface area (Å²) in [7, 11) is 1.47. The third kappa shape index (κ3) is 3.23. The van der Waals surface area contributed by atoms with E-state index in [0.29, 0.717) is 17.0 Å². The molecule has 8 heteroatoms. The first-order valence-corrected chi connectivity index (χ1v) is 11.9. The lowest BCUT2D eigenvalue weighted by atomic mass is 9.73. The van der Waals surface area contributed by atoms with Gasteiger partial charge in [0.2, 0.25) is 0 Å². The number of hydrogen-bond acceptors (Lipinski definition) is 6. The third-order valence-electron chi connectivity index (χ3n) is 7.70. The molecule has 35 heavy (non-hydrogen) atoms. The average molecular weight is 471 g/mol. The Morgan fingerprint density at radius 1 is 1.14 bits per heavy atom. The van der Waals surface area contributed by atoms with E-state index in [1.54, 1.807) is 28.9 Å². The van der Waals surface area contributed by atoms with Crippen LogP contribution in [0.5, 0.6) is 5.75 Å². The molecule has 1 aromatic carbocycles. The van der Waals surface area contributed by atoms with Gasteiger partial charge in [-0.1, -0.05) is 12.1 Å². The zero-order valence-corrected chi connectivity index (χ0v) is 19.9. The van der Waals surface area contributed by atoms with Gasteiger partial charge in [-0.25, -0.2) is 13.9 Å². The molecule has 1 saturated heterocycles. The second-order valence-electron chi connectivity index (χ2n) is 9.47. The average Bonchev–Trinajstić information content (AvgIpc) is 3.47. The van der Waals surface area contributed by atoms with Gasteiger partial charge in [-0.05, 0) is 62.7 Å². The van der Waals surface area contributed by atoms with Gasteiger partial charge in [0.05, 0.1) is 30.7 Å². The van der Waals surface area contributed by atoms with Crippen LogP contribution in [0.3, 0.4) is 0 Å². The van der Waals surface area contributed by atoms with Crippen LogP contribution < -0.4 is 9.64 Å². The molecule has 2 aliphatic rings. The van der Waals surface area contributed by atoms with Crippen molar-refractivity contribution in [1.29, 1.82) is 0 Å². The van der Waals surface area contributed by atoms with E-state index in [0.717, 1.165) is 49.4 Å². The summed E-state index contributed by atoms with van der Waals surface area (Å²) in [6.45, 7) is 7.52. The van der Waals surface area contributed by atoms with Crippen molar-refractivity contribution < 1.29 is 9.13 Å². The van der Waals surface area contributed by atoms with Gasteiger partial charge in [0, 0.05) is 36.0 Å². The molecule has 1 aliphatic carbocycles. The van der Waals surface area contributed by atoms with E-state index in [1.807, 2.05) is 25.3 Å². The summed E-state index contributed by atoms with van der Waals surface area (Å²) in [5, 5.41) is 4.54. The summed E-state index contributed by atoms with van der Waals surface area (Å²) in [5.41, 5.74) is 5.04. The first-order chi connectivity index (χ1) is 17.1. The highest BCUT2D eigenvalue weighted by molar-refractivity contribution is 5.76. The molecule has 4 heterocycles. The fourth-order valence-corrected chi connectivity index (χ4v) is 5.98. The standard InChI is InChI=1S/C27H27FN6O/c1-17-24(19-6-4-8-22(35-3)23(19)28)34-21(9-13-31-34)26(32-17)33-14-10-27(11-15-33)16-20-18(25(27)29-2)7-5-12-30-20/h4-9,12-13,25H,2,10-11,14-16H2,1,3H3/t25-/m1/s1. The molecule has 6 rings (SSSR count). The lowest BCUT2D eigenvalue weighted by molar-refractivity contribution is 0.188. The van der Waals surface area contributed by atoms with Crippen molar-refractivity contribution in [3.05, 3.63) is 71.6 Å². The molecule has 0 radical (unpaired) electrons. The summed E-state index contributed by atoms with van der Waals surface area (Å²) in [5.74, 6) is 0.658. The molecule has 178 valence electrons. The number of fused-ring (bicyclic) bond motifs is 2. The highest BCUT2D eigenvalue weighted by Gasteiger charge is 2.48. The van der Waals surface area contributed by atoms with Crippen molar-refractivity contribution in [3.63, 3.8) is 0 Å². The van der Waals surface area contributed by atoms with E-state index >= 15 is 4.39 Å². The summed E-state index contributed by atoms with van der Waals surface area (Å²) in [6, 6.07) is 11.3. The Morgan fingerprint density at radius 3 is 2.74 bits per heavy atom. The van der Waals surface area contributed by atoms with Crippen molar-refractivity contribution >= 4 is 18.1 Å². The monoisotopic (exact) mass is 470 g/mol. The number of anilines is 1. The number of benzene rings is 1. The first-order valence-electron chi connectivity index (χ1n) is 11.9. The van der Waals surface area contributed by atoms with Gasteiger partial charge in [0.15, 0.2) is 17.4 Å². The molecule has 1 atom stereocenters. The molecule has 0 N–H and O–H groups in total. The maximum Gasteiger partial charge on any atom is 0.174 e. The number of methoxy groups -OCH3 is 1. The number of aromatic nitrogens is 4. The quantitative estimate of drug-likeness (QED) is 0.400. The van der Waals surface area contributed by atoms with Crippen LogP contribution in [0.25, 0.3) is 16.8 Å². The smallest absolute Gasteiger partial charge is 0.174 e. The molecule has 1 aliphatic heterocycles. The molecule has 0 saturated carbocycles. The molecule has 1 spiro atoms. The Labute approximate surface area is 203 Å². The molecule has 0 amide bonds. The van der Waals surface area contributed by atoms with Crippen molar-refractivity contribution in [1.82, 2.24) is 19.6 Å². The molecule has 0 unspecified atom stereocenters. The van der Waals surface area contributed by atoms with Gasteiger partial charge < -0.3 is 9.64 Å². The lowest BCUT2D eigenvalue weighted by Crippen LogP contribution is -2.42. The maximum absolute atomic E-state index is 15.2. The number of piperidine rings is 1. The number of rotatable bonds is 4. The molecule has 1 fully saturated rings. The molecule has 3 aromatic heterocycles. The number of ether oxygens (including phenoxy) is 1. The molecule has 4 aromatic rings. The second-order valence-corrected chi connectivity index (χ2v) is 9.47. The van der Waals surface area contributed by atoms with Gasteiger partial charge in [-0.3, -0.25) is 9.98 Å². The topological polar surface area (TPSA) is 67.9 Å². The van der Waals surface area contributed by atoms with E-state index in [9.17, 15) is 0 Å². The zero-order valence-electron chi connectivity index (χ0n) is 19.9. The summed E-state index contributed by atoms with van der Waals surface area (Å²) in [6.07, 6.45) is 6.48. The highest BCUT2D eigenvalue weighted by Crippen LogP contribution is 2.53. The summed E-state index contributed by atoms with van der Waals surface area (Å²) >= 11 is 0. The van der Waals surface area contributed by atoms with E-state index in [-0.39, 0.29) is 17.2 Å². The van der Waals surface area contributed by atoms with Crippen LogP contribution in [0.4, 0.5) is 10.2 Å². The van der Waals surface area contributed by atoms with Crippen LogP contribution in [0.1, 0.15) is 35.8 Å². The zero-order chi connectivity index (χ0) is 24.2. The van der Waals surface area contributed by atoms with Crippen LogP contribution in [0, 0.1) is 18.2 Å². The Bertz CT molecular complexity index is 1440. The summed E-state index contributed by atoms with van der Waals surface area (Å²) < 4.78 is 22.1. The third-order valence-corrected chi connectivity index (χ3v) is 7.70. The fraction of sp³-hybridized carbons (Fsp3) is 0.333. The van der Waals surface area contributed by atoms with E-state index in [2.05, 4.69) is 32.8 Å². The van der Waals surface area contributed by atoms with Gasteiger partial charge in [-0.2, -0.15) is 5.10 Å². The SMILES string of the molecule is C=N[C@@H]1c2cccnc2CC12CCN(c1nc(C)c(-c3cccc(OC)c3F)n3nccc13)CC2. The minimum Gasteiger partial charge on any atom is -0.494 e. The van der Waals surface area contributed by atoms with Crippen molar-refractivity contribution in [2.75, 3.05) is 25.1 Å². The largest absolute Gasteiger partial charge is 0.494 e. The Balaban J connectivity index is 1.35. The van der Waals surface area contributed by atoms with Crippen LogP contribution in [-0.2, 0) is 6.42 Å². The number of halogens is 1. The van der Waals surface area contributed by atoms with Crippen LogP contribution in [-0.4, -0.2) is 46.5 Å². The highest BCUT2D eigenvalue weighted by atomic mass is 19.1. The first kappa shape index (κ1) is 21.7. The Kier molecular flexibility index (Phi) is 5.05. The van der Waals surface area contributed by atoms with Crippen LogP contribution >= 0.6 is 0 Å². The van der Waals surface area contributed by atoms with E-state index < -0.39 is 5.82 Å². The lowest BCUT2D eigenvalue weighted by Gasteiger charge is -2.42. The van der Waals surface area contributed by atoms with Crippen molar-refractivity contribution in [3.8, 4) is 17.0 Å². The fourth-order valence-electron chi connectivity index (χ4n) is 5.98. The normalized spacial score (nSPS) is 18.7. The number of pyridine rings is 1. The molecule has 7 nitrogen and oxygen atoms in total. The molecule has 0 bridgehead atoms. The Morgan fingerprint density at radius 2 is 1.97 bits per heavy atom. The number of aryl methyl sites for hydroxylation is 1.